The monoisotopic (exact) mass is 503 g/mol. The highest BCUT2D eigenvalue weighted by atomic mass is 35.5. The van der Waals surface area contributed by atoms with Crippen LogP contribution in [0.5, 0.6) is 5.88 Å². The average molecular weight is 504 g/mol. The summed E-state index contributed by atoms with van der Waals surface area (Å²) in [5.41, 5.74) is 1.55. The van der Waals surface area contributed by atoms with Crippen LogP contribution in [-0.2, 0) is 27.8 Å². The fourth-order valence-corrected chi connectivity index (χ4v) is 4.72. The second kappa shape index (κ2) is 12.5. The van der Waals surface area contributed by atoms with E-state index in [-0.39, 0.29) is 18.3 Å². The van der Waals surface area contributed by atoms with E-state index in [2.05, 4.69) is 16.7 Å². The van der Waals surface area contributed by atoms with Crippen molar-refractivity contribution in [2.45, 2.75) is 71.9 Å². The van der Waals surface area contributed by atoms with Crippen molar-refractivity contribution in [2.24, 2.45) is 0 Å². The third-order valence-corrected chi connectivity index (χ3v) is 6.63. The molecule has 1 N–H and O–H groups in total. The van der Waals surface area contributed by atoms with E-state index in [0.29, 0.717) is 35.3 Å². The highest BCUT2D eigenvalue weighted by Crippen LogP contribution is 2.24. The molecule has 0 saturated carbocycles. The van der Waals surface area contributed by atoms with Gasteiger partial charge >= 0.3 is 0 Å². The van der Waals surface area contributed by atoms with Crippen molar-refractivity contribution in [2.75, 3.05) is 5.75 Å². The van der Waals surface area contributed by atoms with E-state index in [1.54, 1.807) is 22.9 Å². The van der Waals surface area contributed by atoms with E-state index in [1.165, 1.54) is 0 Å². The van der Waals surface area contributed by atoms with Crippen LogP contribution in [0.1, 0.15) is 64.1 Å². The molecule has 0 aliphatic carbocycles. The number of rotatable bonds is 13. The summed E-state index contributed by atoms with van der Waals surface area (Å²) in [6.07, 6.45) is 3.62. The van der Waals surface area contributed by atoms with E-state index < -0.39 is 15.9 Å². The molecule has 0 spiro atoms. The summed E-state index contributed by atoms with van der Waals surface area (Å²) in [5.74, 6) is -0.147. The first kappa shape index (κ1) is 26.5. The summed E-state index contributed by atoms with van der Waals surface area (Å²) in [7, 11) is -3.62. The Morgan fingerprint density at radius 1 is 1.19 bits per heavy atom. The number of benzene rings is 1. The molecule has 0 aliphatic rings. The van der Waals surface area contributed by atoms with E-state index in [0.717, 1.165) is 30.5 Å². The Hall–Kier alpha value is -1.77. The molecule has 1 aromatic carbocycles. The molecule has 0 fully saturated rings. The van der Waals surface area contributed by atoms with Gasteiger partial charge in [-0.15, -0.1) is 5.10 Å². The molecule has 0 atom stereocenters. The van der Waals surface area contributed by atoms with Crippen molar-refractivity contribution in [3.05, 3.63) is 45.6 Å². The molecule has 1 aromatic heterocycles. The van der Waals surface area contributed by atoms with Crippen LogP contribution in [-0.4, -0.2) is 36.0 Å². The van der Waals surface area contributed by atoms with Gasteiger partial charge in [0.05, 0.1) is 18.4 Å². The summed E-state index contributed by atoms with van der Waals surface area (Å²) in [4.78, 5) is 12.3. The van der Waals surface area contributed by atoms with Gasteiger partial charge in [-0.25, -0.2) is 8.42 Å². The molecule has 1 amide bonds. The minimum Gasteiger partial charge on any atom is -0.474 e. The fourth-order valence-electron chi connectivity index (χ4n) is 3.11. The van der Waals surface area contributed by atoms with Crippen LogP contribution in [0.15, 0.2) is 24.3 Å². The van der Waals surface area contributed by atoms with Crippen molar-refractivity contribution in [1.82, 2.24) is 14.5 Å². The van der Waals surface area contributed by atoms with Crippen molar-refractivity contribution in [3.8, 4) is 5.88 Å². The number of hydrogen-bond acceptors (Lipinski definition) is 5. The van der Waals surface area contributed by atoms with Crippen molar-refractivity contribution in [3.63, 3.8) is 0 Å². The number of ether oxygens (including phenoxy) is 1. The molecule has 2 rings (SSSR count). The topological polar surface area (TPSA) is 90.3 Å². The van der Waals surface area contributed by atoms with E-state index in [1.807, 2.05) is 19.9 Å². The first-order valence-corrected chi connectivity index (χ1v) is 13.2. The Kier molecular flexibility index (Phi) is 10.3. The zero-order valence-corrected chi connectivity index (χ0v) is 21.1. The van der Waals surface area contributed by atoms with Gasteiger partial charge in [-0.05, 0) is 44.4 Å². The van der Waals surface area contributed by atoms with E-state index >= 15 is 0 Å². The quantitative estimate of drug-likeness (QED) is 0.389. The number of halogens is 2. The third-order valence-electron chi connectivity index (χ3n) is 4.68. The Morgan fingerprint density at radius 3 is 2.59 bits per heavy atom. The predicted molar refractivity (Wildman–Crippen MR) is 128 cm³/mol. The normalized spacial score (nSPS) is 11.7. The van der Waals surface area contributed by atoms with Crippen LogP contribution >= 0.6 is 23.2 Å². The third kappa shape index (κ3) is 9.00. The van der Waals surface area contributed by atoms with Crippen LogP contribution in [0.2, 0.25) is 10.0 Å². The molecule has 0 unspecified atom stereocenters. The molecule has 0 radical (unpaired) electrons. The second-order valence-corrected chi connectivity index (χ2v) is 10.6. The van der Waals surface area contributed by atoms with Crippen molar-refractivity contribution < 1.29 is 17.9 Å². The highest BCUT2D eigenvalue weighted by molar-refractivity contribution is 7.90. The largest absolute Gasteiger partial charge is 0.474 e. The maximum Gasteiger partial charge on any atom is 0.234 e. The van der Waals surface area contributed by atoms with Gasteiger partial charge in [0.25, 0.3) is 0 Å². The fraction of sp³-hybridized carbons (Fsp3) is 0.545. The number of nitrogens with zero attached hydrogens (tertiary/aromatic N) is 2. The summed E-state index contributed by atoms with van der Waals surface area (Å²) < 4.78 is 33.8. The van der Waals surface area contributed by atoms with Crippen LogP contribution in [0.3, 0.4) is 0 Å². The standard InChI is InChI=1S/C22H31Cl2N3O4S/c1-4-5-6-7-12-32(29,30)26-21(28)11-10-19-14-22(31-16(2)3)25-27(19)15-17-8-9-18(23)13-20(17)24/h8-9,13-14,16H,4-7,10-12,15H2,1-3H3,(H,26,28). The van der Waals surface area contributed by atoms with Crippen molar-refractivity contribution in [1.29, 1.82) is 0 Å². The van der Waals surface area contributed by atoms with Gasteiger partial charge in [-0.1, -0.05) is 55.5 Å². The maximum absolute atomic E-state index is 12.3. The number of aromatic nitrogens is 2. The minimum atomic E-state index is -3.62. The number of unbranched alkanes of at least 4 members (excludes halogenated alkanes) is 3. The van der Waals surface area contributed by atoms with E-state index in [4.69, 9.17) is 27.9 Å². The van der Waals surface area contributed by atoms with Crippen LogP contribution in [0.25, 0.3) is 0 Å². The maximum atomic E-state index is 12.3. The van der Waals surface area contributed by atoms with Crippen LogP contribution < -0.4 is 9.46 Å². The van der Waals surface area contributed by atoms with Crippen LogP contribution in [0.4, 0.5) is 0 Å². The first-order valence-electron chi connectivity index (χ1n) is 10.8. The molecule has 0 aliphatic heterocycles. The Balaban J connectivity index is 2.05. The average Bonchev–Trinajstić information content (AvgIpc) is 3.06. The summed E-state index contributed by atoms with van der Waals surface area (Å²) >= 11 is 12.3. The smallest absolute Gasteiger partial charge is 0.234 e. The molecule has 0 bridgehead atoms. The number of carbonyl (C=O) groups excluding carboxylic acids is 1. The molecule has 7 nitrogen and oxygen atoms in total. The second-order valence-electron chi connectivity index (χ2n) is 7.94. The van der Waals surface area contributed by atoms with Gasteiger partial charge in [0, 0.05) is 28.2 Å². The molecule has 2 aromatic rings. The molecular weight excluding hydrogens is 473 g/mol. The van der Waals surface area contributed by atoms with Crippen LogP contribution in [0, 0.1) is 0 Å². The number of hydrogen-bond donors (Lipinski definition) is 1. The van der Waals surface area contributed by atoms with Gasteiger partial charge in [0.1, 0.15) is 0 Å². The van der Waals surface area contributed by atoms with Gasteiger partial charge in [0.15, 0.2) is 0 Å². The number of amides is 1. The number of nitrogens with one attached hydrogen (secondary N) is 1. The van der Waals surface area contributed by atoms with Gasteiger partial charge in [0.2, 0.25) is 21.8 Å². The molecule has 178 valence electrons. The van der Waals surface area contributed by atoms with E-state index in [9.17, 15) is 13.2 Å². The zero-order valence-electron chi connectivity index (χ0n) is 18.7. The lowest BCUT2D eigenvalue weighted by Gasteiger charge is -2.10. The Morgan fingerprint density at radius 2 is 1.94 bits per heavy atom. The lowest BCUT2D eigenvalue weighted by atomic mass is 10.2. The number of sulfonamides is 1. The SMILES string of the molecule is CCCCCCS(=O)(=O)NC(=O)CCc1cc(OC(C)C)nn1Cc1ccc(Cl)cc1Cl. The zero-order chi connectivity index (χ0) is 23.7. The lowest BCUT2D eigenvalue weighted by molar-refractivity contribution is -0.119. The number of aryl methyl sites for hydroxylation is 1. The molecule has 10 heteroatoms. The molecular formula is C22H31Cl2N3O4S. The molecule has 32 heavy (non-hydrogen) atoms. The first-order chi connectivity index (χ1) is 15.1. The van der Waals surface area contributed by atoms with Gasteiger partial charge in [-0.2, -0.15) is 0 Å². The summed E-state index contributed by atoms with van der Waals surface area (Å²) in [6.45, 7) is 6.21. The van der Waals surface area contributed by atoms with Gasteiger partial charge in [-0.3, -0.25) is 14.2 Å². The lowest BCUT2D eigenvalue weighted by Crippen LogP contribution is -2.32. The highest BCUT2D eigenvalue weighted by Gasteiger charge is 2.17. The van der Waals surface area contributed by atoms with Gasteiger partial charge < -0.3 is 4.74 Å². The number of carbonyl (C=O) groups is 1. The Bertz CT molecular complexity index is 1010. The summed E-state index contributed by atoms with van der Waals surface area (Å²) in [5, 5.41) is 5.52. The predicted octanol–water partition coefficient (Wildman–Crippen LogP) is 4.98. The summed E-state index contributed by atoms with van der Waals surface area (Å²) in [6, 6.07) is 6.98. The molecule has 1 heterocycles. The minimum absolute atomic E-state index is 0.00928. The molecule has 0 saturated heterocycles. The van der Waals surface area contributed by atoms with Crippen molar-refractivity contribution >= 4 is 39.1 Å². The Labute approximate surface area is 200 Å².